The molecule has 1 aliphatic heterocycles. The number of aromatic nitrogens is 2. The largest absolute Gasteiger partial charge is 0.333 e. The van der Waals surface area contributed by atoms with E-state index < -0.39 is 0 Å². The van der Waals surface area contributed by atoms with E-state index in [1.165, 1.54) is 5.56 Å². The lowest BCUT2D eigenvalue weighted by molar-refractivity contribution is -0.136. The molecule has 1 saturated heterocycles. The van der Waals surface area contributed by atoms with Crippen molar-refractivity contribution < 1.29 is 4.79 Å². The molecule has 0 bridgehead atoms. The van der Waals surface area contributed by atoms with Crippen LogP contribution < -0.4 is 5.56 Å². The van der Waals surface area contributed by atoms with Gasteiger partial charge in [0.05, 0.1) is 23.3 Å². The van der Waals surface area contributed by atoms with Crippen LogP contribution in [0, 0.1) is 6.92 Å². The maximum Gasteiger partial charge on any atom is 0.261 e. The van der Waals surface area contributed by atoms with E-state index in [1.807, 2.05) is 48.2 Å². The van der Waals surface area contributed by atoms with Crippen LogP contribution in [0.3, 0.4) is 0 Å². The highest BCUT2D eigenvalue weighted by atomic mass is 16.2. The van der Waals surface area contributed by atoms with E-state index in [2.05, 4.69) is 29.1 Å². The molecule has 0 radical (unpaired) electrons. The molecule has 1 fully saturated rings. The molecule has 30 heavy (non-hydrogen) atoms. The van der Waals surface area contributed by atoms with Crippen LogP contribution in [0.4, 0.5) is 0 Å². The van der Waals surface area contributed by atoms with Gasteiger partial charge in [-0.2, -0.15) is 0 Å². The zero-order valence-corrected chi connectivity index (χ0v) is 17.6. The van der Waals surface area contributed by atoms with Crippen LogP contribution in [0.2, 0.25) is 0 Å². The summed E-state index contributed by atoms with van der Waals surface area (Å²) in [5.74, 6) is 0.148. The summed E-state index contributed by atoms with van der Waals surface area (Å²) in [7, 11) is 2.10. The number of rotatable bonds is 5. The Morgan fingerprint density at radius 3 is 2.70 bits per heavy atom. The van der Waals surface area contributed by atoms with Crippen LogP contribution in [0.5, 0.6) is 0 Å². The number of carbonyl (C=O) groups is 1. The van der Waals surface area contributed by atoms with Gasteiger partial charge < -0.3 is 9.80 Å². The van der Waals surface area contributed by atoms with Crippen molar-refractivity contribution >= 4 is 16.8 Å². The molecule has 0 unspecified atom stereocenters. The molecule has 3 aromatic rings. The molecule has 0 saturated carbocycles. The normalized spacial score (nSPS) is 17.4. The number of likely N-dealkylation sites (N-methyl/N-ethyl adjacent to an activating group) is 1. The quantitative estimate of drug-likeness (QED) is 0.656. The van der Waals surface area contributed by atoms with Gasteiger partial charge >= 0.3 is 0 Å². The monoisotopic (exact) mass is 404 g/mol. The molecule has 4 rings (SSSR count). The Kier molecular flexibility index (Phi) is 5.95. The SMILES string of the molecule is Cc1cccc2c(=O)n(CCCC(=O)N3CCN(C)C[C@H]3c3ccccc3)cnc12. The number of para-hydroxylation sites is 1. The van der Waals surface area contributed by atoms with Gasteiger partial charge in [0, 0.05) is 32.6 Å². The summed E-state index contributed by atoms with van der Waals surface area (Å²) in [6, 6.07) is 15.9. The van der Waals surface area contributed by atoms with Gasteiger partial charge in [-0.15, -0.1) is 0 Å². The predicted molar refractivity (Wildman–Crippen MR) is 118 cm³/mol. The fraction of sp³-hybridized carbons (Fsp3) is 0.375. The van der Waals surface area contributed by atoms with E-state index in [-0.39, 0.29) is 17.5 Å². The van der Waals surface area contributed by atoms with Crippen molar-refractivity contribution in [3.8, 4) is 0 Å². The molecule has 6 nitrogen and oxygen atoms in total. The fourth-order valence-corrected chi connectivity index (χ4v) is 4.22. The number of piperazine rings is 1. The second-order valence-electron chi connectivity index (χ2n) is 8.09. The molecular weight excluding hydrogens is 376 g/mol. The first-order chi connectivity index (χ1) is 14.5. The molecule has 0 aliphatic carbocycles. The molecule has 2 heterocycles. The first kappa shape index (κ1) is 20.3. The minimum absolute atomic E-state index is 0.0436. The zero-order valence-electron chi connectivity index (χ0n) is 17.6. The zero-order chi connectivity index (χ0) is 21.1. The van der Waals surface area contributed by atoms with Gasteiger partial charge in [0.15, 0.2) is 0 Å². The van der Waals surface area contributed by atoms with Crippen LogP contribution >= 0.6 is 0 Å². The number of hydrogen-bond donors (Lipinski definition) is 0. The maximum absolute atomic E-state index is 13.0. The molecule has 156 valence electrons. The van der Waals surface area contributed by atoms with Crippen molar-refractivity contribution in [2.45, 2.75) is 32.4 Å². The smallest absolute Gasteiger partial charge is 0.261 e. The summed E-state index contributed by atoms with van der Waals surface area (Å²) in [5.41, 5.74) is 2.87. The molecule has 0 spiro atoms. The molecule has 1 atom stereocenters. The van der Waals surface area contributed by atoms with Crippen molar-refractivity contribution in [2.75, 3.05) is 26.7 Å². The van der Waals surface area contributed by atoms with Gasteiger partial charge in [0.25, 0.3) is 5.56 Å². The van der Waals surface area contributed by atoms with Crippen LogP contribution in [0.15, 0.2) is 59.7 Å². The van der Waals surface area contributed by atoms with Gasteiger partial charge in [-0.1, -0.05) is 42.5 Å². The molecule has 6 heteroatoms. The Balaban J connectivity index is 1.43. The van der Waals surface area contributed by atoms with Gasteiger partial charge in [-0.05, 0) is 37.6 Å². The van der Waals surface area contributed by atoms with E-state index in [0.717, 1.165) is 30.7 Å². The van der Waals surface area contributed by atoms with Crippen LogP contribution in [0.1, 0.15) is 30.0 Å². The van der Waals surface area contributed by atoms with E-state index >= 15 is 0 Å². The molecule has 0 N–H and O–H groups in total. The number of fused-ring (bicyclic) bond motifs is 1. The summed E-state index contributed by atoms with van der Waals surface area (Å²) in [6.07, 6.45) is 2.64. The van der Waals surface area contributed by atoms with E-state index in [4.69, 9.17) is 0 Å². The number of hydrogen-bond acceptors (Lipinski definition) is 4. The van der Waals surface area contributed by atoms with Gasteiger partial charge in [0.2, 0.25) is 5.91 Å². The lowest BCUT2D eigenvalue weighted by Gasteiger charge is -2.40. The van der Waals surface area contributed by atoms with Crippen LogP contribution in [-0.2, 0) is 11.3 Å². The molecular formula is C24H28N4O2. The topological polar surface area (TPSA) is 58.4 Å². The third-order valence-corrected chi connectivity index (χ3v) is 5.93. The first-order valence-electron chi connectivity index (χ1n) is 10.5. The number of carbonyl (C=O) groups excluding carboxylic acids is 1. The molecule has 1 amide bonds. The summed E-state index contributed by atoms with van der Waals surface area (Å²) in [6.45, 7) is 4.89. The second-order valence-corrected chi connectivity index (χ2v) is 8.09. The van der Waals surface area contributed by atoms with E-state index in [1.54, 1.807) is 10.9 Å². The molecule has 1 aliphatic rings. The fourth-order valence-electron chi connectivity index (χ4n) is 4.22. The van der Waals surface area contributed by atoms with E-state index in [9.17, 15) is 9.59 Å². The summed E-state index contributed by atoms with van der Waals surface area (Å²) < 4.78 is 1.62. The molecule has 1 aromatic heterocycles. The number of aryl methyl sites for hydroxylation is 2. The van der Waals surface area contributed by atoms with E-state index in [0.29, 0.717) is 24.8 Å². The Hall–Kier alpha value is -2.99. The minimum atomic E-state index is -0.0436. The number of nitrogens with zero attached hydrogens (tertiary/aromatic N) is 4. The standard InChI is InChI=1S/C24H28N4O2/c1-18-8-6-11-20-23(18)25-17-27(24(20)30)13-7-12-22(29)28-15-14-26(2)16-21(28)19-9-4-3-5-10-19/h3-6,8-11,17,21H,7,12-16H2,1-2H3/t21-/m0/s1. The van der Waals surface area contributed by atoms with Crippen LogP contribution in [0.25, 0.3) is 10.9 Å². The number of amides is 1. The third kappa shape index (κ3) is 4.14. The van der Waals surface area contributed by atoms with Gasteiger partial charge in [-0.3, -0.25) is 14.2 Å². The van der Waals surface area contributed by atoms with Gasteiger partial charge in [-0.25, -0.2) is 4.98 Å². The Labute approximate surface area is 176 Å². The minimum Gasteiger partial charge on any atom is -0.333 e. The van der Waals surface area contributed by atoms with Gasteiger partial charge in [0.1, 0.15) is 0 Å². The van der Waals surface area contributed by atoms with Crippen molar-refractivity contribution in [2.24, 2.45) is 0 Å². The Morgan fingerprint density at radius 2 is 1.90 bits per heavy atom. The first-order valence-corrected chi connectivity index (χ1v) is 10.5. The predicted octanol–water partition coefficient (Wildman–Crippen LogP) is 3.00. The highest BCUT2D eigenvalue weighted by molar-refractivity contribution is 5.80. The average Bonchev–Trinajstić information content (AvgIpc) is 2.76. The Morgan fingerprint density at radius 1 is 1.10 bits per heavy atom. The second kappa shape index (κ2) is 8.79. The highest BCUT2D eigenvalue weighted by Gasteiger charge is 2.29. The average molecular weight is 405 g/mol. The van der Waals surface area contributed by atoms with Crippen molar-refractivity contribution in [1.82, 2.24) is 19.4 Å². The summed E-state index contributed by atoms with van der Waals surface area (Å²) in [5, 5.41) is 0.632. The van der Waals surface area contributed by atoms with Crippen molar-refractivity contribution in [3.05, 3.63) is 76.3 Å². The lowest BCUT2D eigenvalue weighted by Crippen LogP contribution is -2.49. The maximum atomic E-state index is 13.0. The molecule has 2 aromatic carbocycles. The van der Waals surface area contributed by atoms with Crippen molar-refractivity contribution in [3.63, 3.8) is 0 Å². The van der Waals surface area contributed by atoms with Crippen molar-refractivity contribution in [1.29, 1.82) is 0 Å². The van der Waals surface area contributed by atoms with Crippen LogP contribution in [-0.4, -0.2) is 51.9 Å². The summed E-state index contributed by atoms with van der Waals surface area (Å²) >= 11 is 0. The number of benzene rings is 2. The summed E-state index contributed by atoms with van der Waals surface area (Å²) in [4.78, 5) is 34.5. The third-order valence-electron chi connectivity index (χ3n) is 5.93. The highest BCUT2D eigenvalue weighted by Crippen LogP contribution is 2.25. The lowest BCUT2D eigenvalue weighted by atomic mass is 10.0. The Bertz CT molecular complexity index is 1090.